The maximum absolute atomic E-state index is 13.9. The number of hydrogen-bond donors (Lipinski definition) is 2. The van der Waals surface area contributed by atoms with E-state index in [1.54, 1.807) is 0 Å². The Balaban J connectivity index is 2.09. The lowest BCUT2D eigenvalue weighted by Crippen LogP contribution is -2.19. The van der Waals surface area contributed by atoms with Crippen LogP contribution in [0.5, 0.6) is 0 Å². The van der Waals surface area contributed by atoms with Gasteiger partial charge >= 0.3 is 0 Å². The Labute approximate surface area is 194 Å². The molecule has 0 amide bonds. The fourth-order valence-corrected chi connectivity index (χ4v) is 6.01. The normalized spacial score (nSPS) is 11.9. The molecule has 0 unspecified atom stereocenters. The van der Waals surface area contributed by atoms with Gasteiger partial charge in [-0.25, -0.2) is 25.6 Å². The first-order chi connectivity index (χ1) is 14.8. The van der Waals surface area contributed by atoms with E-state index in [1.165, 1.54) is 50.2 Å². The molecule has 0 spiro atoms. The molecule has 2 N–H and O–H groups in total. The van der Waals surface area contributed by atoms with E-state index in [-0.39, 0.29) is 31.0 Å². The number of nitrogens with one attached hydrogen (secondary N) is 2. The van der Waals surface area contributed by atoms with Gasteiger partial charge in [0.2, 0.25) is 0 Å². The van der Waals surface area contributed by atoms with Crippen molar-refractivity contribution in [1.29, 1.82) is 0 Å². The highest BCUT2D eigenvalue weighted by Crippen LogP contribution is 2.32. The zero-order valence-corrected chi connectivity index (χ0v) is 19.7. The van der Waals surface area contributed by atoms with Gasteiger partial charge in [-0.1, -0.05) is 35.3 Å². The summed E-state index contributed by atoms with van der Waals surface area (Å²) in [4.78, 5) is -0.427. The number of benzene rings is 3. The molecular weight excluding hydrogens is 505 g/mol. The van der Waals surface area contributed by atoms with Crippen LogP contribution >= 0.6 is 23.2 Å². The van der Waals surface area contributed by atoms with Crippen LogP contribution in [0.4, 0.5) is 20.2 Å². The molecule has 0 aliphatic heterocycles. The van der Waals surface area contributed by atoms with Crippen LogP contribution in [0.2, 0.25) is 10.0 Å². The minimum atomic E-state index is -4.33. The van der Waals surface area contributed by atoms with Crippen LogP contribution in [0.15, 0.2) is 58.3 Å². The molecule has 0 aliphatic carbocycles. The van der Waals surface area contributed by atoms with E-state index in [4.69, 9.17) is 23.2 Å². The first-order valence-electron chi connectivity index (χ1n) is 8.88. The molecule has 0 aromatic heterocycles. The summed E-state index contributed by atoms with van der Waals surface area (Å²) in [6.45, 7) is 2.93. The van der Waals surface area contributed by atoms with E-state index in [0.717, 1.165) is 0 Å². The lowest BCUT2D eigenvalue weighted by atomic mass is 10.2. The molecule has 0 saturated carbocycles. The SMILES string of the molecule is Cc1c(Cl)cccc1S(=O)(=O)Nc1cc(F)c(F)cc1NS(=O)(=O)c1cccc(Cl)c1C. The molecule has 0 aliphatic rings. The highest BCUT2D eigenvalue weighted by Gasteiger charge is 2.24. The Morgan fingerprint density at radius 3 is 1.38 bits per heavy atom. The van der Waals surface area contributed by atoms with E-state index >= 15 is 0 Å². The summed E-state index contributed by atoms with van der Waals surface area (Å²) in [5.41, 5.74) is -0.597. The molecule has 12 heteroatoms. The Bertz CT molecular complexity index is 1320. The summed E-state index contributed by atoms with van der Waals surface area (Å²) in [5, 5.41) is 0.353. The maximum Gasteiger partial charge on any atom is 0.262 e. The quantitative estimate of drug-likeness (QED) is 0.449. The van der Waals surface area contributed by atoms with Crippen molar-refractivity contribution < 1.29 is 25.6 Å². The van der Waals surface area contributed by atoms with Crippen molar-refractivity contribution in [2.24, 2.45) is 0 Å². The molecule has 32 heavy (non-hydrogen) atoms. The molecule has 0 heterocycles. The predicted octanol–water partition coefficient (Wildman–Crippen LogP) is 5.49. The monoisotopic (exact) mass is 520 g/mol. The third kappa shape index (κ3) is 4.83. The summed E-state index contributed by atoms with van der Waals surface area (Å²) in [5.74, 6) is -2.76. The van der Waals surface area contributed by atoms with E-state index in [2.05, 4.69) is 9.44 Å². The predicted molar refractivity (Wildman–Crippen MR) is 120 cm³/mol. The lowest BCUT2D eigenvalue weighted by molar-refractivity contribution is 0.509. The largest absolute Gasteiger partial charge is 0.277 e. The Morgan fingerprint density at radius 1 is 0.688 bits per heavy atom. The van der Waals surface area contributed by atoms with Gasteiger partial charge in [-0.3, -0.25) is 9.44 Å². The van der Waals surface area contributed by atoms with Crippen molar-refractivity contribution in [1.82, 2.24) is 0 Å². The van der Waals surface area contributed by atoms with Crippen molar-refractivity contribution in [2.75, 3.05) is 9.44 Å². The minimum absolute atomic E-state index is 0.176. The van der Waals surface area contributed by atoms with Gasteiger partial charge in [0.25, 0.3) is 20.0 Å². The molecule has 3 aromatic carbocycles. The molecule has 3 rings (SSSR count). The second-order valence-electron chi connectivity index (χ2n) is 6.75. The first-order valence-corrected chi connectivity index (χ1v) is 12.6. The van der Waals surface area contributed by atoms with E-state index in [1.807, 2.05) is 0 Å². The summed E-state index contributed by atoms with van der Waals surface area (Å²) in [6.07, 6.45) is 0. The van der Waals surface area contributed by atoms with Crippen LogP contribution < -0.4 is 9.44 Å². The second-order valence-corrected chi connectivity index (χ2v) is 10.9. The van der Waals surface area contributed by atoms with Gasteiger partial charge in [0.05, 0.1) is 21.2 Å². The highest BCUT2D eigenvalue weighted by atomic mass is 35.5. The Morgan fingerprint density at radius 2 is 1.03 bits per heavy atom. The van der Waals surface area contributed by atoms with E-state index in [9.17, 15) is 25.6 Å². The third-order valence-electron chi connectivity index (χ3n) is 4.56. The highest BCUT2D eigenvalue weighted by molar-refractivity contribution is 7.93. The van der Waals surface area contributed by atoms with E-state index in [0.29, 0.717) is 12.1 Å². The van der Waals surface area contributed by atoms with Gasteiger partial charge in [0.1, 0.15) is 0 Å². The average molecular weight is 521 g/mol. The fourth-order valence-electron chi connectivity index (χ4n) is 2.87. The average Bonchev–Trinajstić information content (AvgIpc) is 2.69. The maximum atomic E-state index is 13.9. The van der Waals surface area contributed by atoms with Gasteiger partial charge in [0, 0.05) is 22.2 Å². The summed E-state index contributed by atoms with van der Waals surface area (Å²) >= 11 is 12.0. The van der Waals surface area contributed by atoms with Crippen molar-refractivity contribution in [2.45, 2.75) is 23.6 Å². The second kappa shape index (κ2) is 8.86. The first kappa shape index (κ1) is 24.2. The Kier molecular flexibility index (Phi) is 6.71. The molecule has 0 saturated heterocycles. The van der Waals surface area contributed by atoms with Gasteiger partial charge in [-0.05, 0) is 49.2 Å². The van der Waals surface area contributed by atoms with Crippen LogP contribution in [-0.2, 0) is 20.0 Å². The molecule has 0 fully saturated rings. The van der Waals surface area contributed by atoms with Crippen molar-refractivity contribution >= 4 is 54.6 Å². The van der Waals surface area contributed by atoms with E-state index < -0.39 is 43.1 Å². The molecule has 3 aromatic rings. The number of hydrogen-bond acceptors (Lipinski definition) is 4. The number of sulfonamides is 2. The van der Waals surface area contributed by atoms with Crippen LogP contribution in [0.1, 0.15) is 11.1 Å². The van der Waals surface area contributed by atoms with Crippen LogP contribution in [0, 0.1) is 25.5 Å². The third-order valence-corrected chi connectivity index (χ3v) is 8.40. The van der Waals surface area contributed by atoms with Crippen LogP contribution in [0.25, 0.3) is 0 Å². The minimum Gasteiger partial charge on any atom is -0.277 e. The molecule has 170 valence electrons. The Hall–Kier alpha value is -2.40. The van der Waals surface area contributed by atoms with Gasteiger partial charge in [-0.2, -0.15) is 0 Å². The molecule has 0 bridgehead atoms. The molecular formula is C20H16Cl2F2N2O4S2. The van der Waals surface area contributed by atoms with Gasteiger partial charge < -0.3 is 0 Å². The summed E-state index contributed by atoms with van der Waals surface area (Å²) < 4.78 is 83.5. The molecule has 0 atom stereocenters. The van der Waals surface area contributed by atoms with Gasteiger partial charge in [0.15, 0.2) is 11.6 Å². The fraction of sp³-hybridized carbons (Fsp3) is 0.100. The topological polar surface area (TPSA) is 92.3 Å². The standard InChI is InChI=1S/C20H16Cl2F2N2O4S2/c1-11-13(21)5-3-7-19(11)31(27,28)25-17-9-15(23)16(24)10-18(17)26-32(29,30)20-8-4-6-14(22)12(20)2/h3-10,25-26H,1-2H3. The van der Waals surface area contributed by atoms with Crippen molar-refractivity contribution in [3.8, 4) is 0 Å². The summed E-state index contributed by atoms with van der Waals surface area (Å²) in [7, 11) is -8.67. The molecule has 6 nitrogen and oxygen atoms in total. The number of rotatable bonds is 6. The van der Waals surface area contributed by atoms with Gasteiger partial charge in [-0.15, -0.1) is 0 Å². The zero-order chi connectivity index (χ0) is 23.8. The zero-order valence-electron chi connectivity index (χ0n) is 16.6. The van der Waals surface area contributed by atoms with Crippen LogP contribution in [0.3, 0.4) is 0 Å². The molecule has 0 radical (unpaired) electrons. The van der Waals surface area contributed by atoms with Crippen molar-refractivity contribution in [3.05, 3.63) is 81.3 Å². The lowest BCUT2D eigenvalue weighted by Gasteiger charge is -2.17. The van der Waals surface area contributed by atoms with Crippen molar-refractivity contribution in [3.63, 3.8) is 0 Å². The summed E-state index contributed by atoms with van der Waals surface area (Å²) in [6, 6.07) is 9.39. The number of anilines is 2. The smallest absolute Gasteiger partial charge is 0.262 e. The van der Waals surface area contributed by atoms with Crippen LogP contribution in [-0.4, -0.2) is 16.8 Å². The number of halogens is 4.